The van der Waals surface area contributed by atoms with Gasteiger partial charge in [-0.25, -0.2) is 4.90 Å². The number of unbranched alkanes of at least 4 members (excludes halogenated alkanes) is 2. The van der Waals surface area contributed by atoms with Crippen LogP contribution in [0.3, 0.4) is 0 Å². The standard InChI is InChI=1S/C39H59N2O10P/c1-8-11-18-34(43)50-36(27(4)5)39(52(46,47)48)41(38(28(6)7)51-35(44)19-12-9-2)32(37(45)40-25-24-33(42)49-10-3)26-29-20-22-31(23-21-29)30-16-14-13-15-17-30/h13-17,20-23,27-28,32,36,38-39H,8-12,18-19,24-26H2,1-7H3,(H,40,45)(H2,46,47,48). The van der Waals surface area contributed by atoms with Crippen molar-refractivity contribution in [3.8, 4) is 11.1 Å². The van der Waals surface area contributed by atoms with Gasteiger partial charge in [0.25, 0.3) is 0 Å². The fourth-order valence-corrected chi connectivity index (χ4v) is 7.26. The quantitative estimate of drug-likeness (QED) is 0.0484. The Morgan fingerprint density at radius 1 is 0.750 bits per heavy atom. The molecule has 290 valence electrons. The van der Waals surface area contributed by atoms with E-state index < -0.39 is 67.4 Å². The van der Waals surface area contributed by atoms with Crippen LogP contribution in [0.4, 0.5) is 0 Å². The smallest absolute Gasteiger partial charge is 0.346 e. The first-order valence-electron chi connectivity index (χ1n) is 18.4. The normalized spacial score (nSPS) is 14.1. The second-order valence-electron chi connectivity index (χ2n) is 13.6. The maximum absolute atomic E-state index is 14.4. The van der Waals surface area contributed by atoms with Crippen LogP contribution in [0.15, 0.2) is 54.6 Å². The van der Waals surface area contributed by atoms with Crippen LogP contribution < -0.4 is 5.32 Å². The largest absolute Gasteiger partial charge is 0.466 e. The van der Waals surface area contributed by atoms with Crippen LogP contribution in [0.5, 0.6) is 0 Å². The maximum Gasteiger partial charge on any atom is 0.346 e. The van der Waals surface area contributed by atoms with Gasteiger partial charge in [-0.2, -0.15) is 0 Å². The summed E-state index contributed by atoms with van der Waals surface area (Å²) in [5.41, 5.74) is 2.56. The molecule has 0 spiro atoms. The Balaban J connectivity index is 2.81. The Hall–Kier alpha value is -3.57. The molecule has 0 aliphatic heterocycles. The van der Waals surface area contributed by atoms with E-state index in [-0.39, 0.29) is 38.8 Å². The second kappa shape index (κ2) is 22.5. The minimum Gasteiger partial charge on any atom is -0.466 e. The average molecular weight is 747 g/mol. The third kappa shape index (κ3) is 14.5. The number of esters is 3. The zero-order valence-electron chi connectivity index (χ0n) is 31.8. The lowest BCUT2D eigenvalue weighted by atomic mass is 9.96. The van der Waals surface area contributed by atoms with Crippen molar-refractivity contribution in [2.24, 2.45) is 11.8 Å². The van der Waals surface area contributed by atoms with E-state index in [2.05, 4.69) is 5.32 Å². The van der Waals surface area contributed by atoms with Crippen molar-refractivity contribution in [1.29, 1.82) is 0 Å². The van der Waals surface area contributed by atoms with Gasteiger partial charge in [0.1, 0.15) is 6.10 Å². The molecule has 1 amide bonds. The maximum atomic E-state index is 14.4. The monoisotopic (exact) mass is 746 g/mol. The molecule has 0 fully saturated rings. The summed E-state index contributed by atoms with van der Waals surface area (Å²) in [6, 6.07) is 15.8. The number of ether oxygens (including phenoxy) is 3. The highest BCUT2D eigenvalue weighted by molar-refractivity contribution is 7.52. The van der Waals surface area contributed by atoms with E-state index in [0.29, 0.717) is 31.2 Å². The van der Waals surface area contributed by atoms with Crippen molar-refractivity contribution < 1.29 is 47.7 Å². The molecule has 0 aliphatic rings. The summed E-state index contributed by atoms with van der Waals surface area (Å²) in [6.45, 7) is 12.3. The van der Waals surface area contributed by atoms with Gasteiger partial charge >= 0.3 is 25.5 Å². The van der Waals surface area contributed by atoms with Gasteiger partial charge in [0.2, 0.25) is 5.91 Å². The summed E-state index contributed by atoms with van der Waals surface area (Å²) in [5, 5.41) is 2.75. The number of benzene rings is 2. The molecule has 12 nitrogen and oxygen atoms in total. The van der Waals surface area contributed by atoms with E-state index >= 15 is 0 Å². The molecule has 4 atom stereocenters. The molecular formula is C39H59N2O10P. The number of rotatable bonds is 23. The molecule has 0 heterocycles. The van der Waals surface area contributed by atoms with Crippen molar-refractivity contribution in [1.82, 2.24) is 10.2 Å². The first kappa shape index (κ1) is 44.6. The van der Waals surface area contributed by atoms with Crippen LogP contribution >= 0.6 is 7.60 Å². The van der Waals surface area contributed by atoms with Gasteiger partial charge in [-0.05, 0) is 48.8 Å². The fraction of sp³-hybridized carbons (Fsp3) is 0.590. The molecule has 3 N–H and O–H groups in total. The highest BCUT2D eigenvalue weighted by atomic mass is 31.2. The van der Waals surface area contributed by atoms with E-state index in [1.165, 1.54) is 4.90 Å². The number of hydrogen-bond donors (Lipinski definition) is 3. The molecule has 4 unspecified atom stereocenters. The predicted octanol–water partition coefficient (Wildman–Crippen LogP) is 6.61. The predicted molar refractivity (Wildman–Crippen MR) is 200 cm³/mol. The SMILES string of the molecule is CCCCC(=O)OC(C(C)C)C(N(C(Cc1ccc(-c2ccccc2)cc1)C(=O)NCCC(=O)OCC)C(OC(=O)CCCC)C(C)C)P(=O)(O)O. The summed E-state index contributed by atoms with van der Waals surface area (Å²) in [5.74, 6) is -5.48. The van der Waals surface area contributed by atoms with Crippen molar-refractivity contribution in [2.45, 2.75) is 124 Å². The lowest BCUT2D eigenvalue weighted by Crippen LogP contribution is -2.62. The molecule has 0 saturated heterocycles. The van der Waals surface area contributed by atoms with Crippen molar-refractivity contribution >= 4 is 31.4 Å². The Morgan fingerprint density at radius 2 is 1.31 bits per heavy atom. The van der Waals surface area contributed by atoms with Gasteiger partial charge in [-0.1, -0.05) is 109 Å². The van der Waals surface area contributed by atoms with E-state index in [1.54, 1.807) is 34.6 Å². The Kier molecular flexibility index (Phi) is 19.3. The van der Waals surface area contributed by atoms with Crippen LogP contribution in [-0.2, 0) is 44.4 Å². The van der Waals surface area contributed by atoms with Gasteiger partial charge in [0.15, 0.2) is 12.0 Å². The van der Waals surface area contributed by atoms with Crippen LogP contribution in [0.2, 0.25) is 0 Å². The molecule has 0 aromatic heterocycles. The molecule has 0 radical (unpaired) electrons. The molecule has 0 saturated carbocycles. The van der Waals surface area contributed by atoms with E-state index in [9.17, 15) is 33.5 Å². The molecule has 2 aromatic rings. The van der Waals surface area contributed by atoms with Crippen LogP contribution in [0, 0.1) is 11.8 Å². The molecular weight excluding hydrogens is 687 g/mol. The van der Waals surface area contributed by atoms with Crippen molar-refractivity contribution in [2.75, 3.05) is 13.2 Å². The molecule has 0 bridgehead atoms. The minimum atomic E-state index is -5.28. The second-order valence-corrected chi connectivity index (χ2v) is 15.3. The van der Waals surface area contributed by atoms with Crippen LogP contribution in [0.25, 0.3) is 11.1 Å². The van der Waals surface area contributed by atoms with Crippen molar-refractivity contribution in [3.05, 3.63) is 60.2 Å². The van der Waals surface area contributed by atoms with Gasteiger partial charge < -0.3 is 29.3 Å². The number of amides is 1. The molecule has 2 rings (SSSR count). The Morgan fingerprint density at radius 3 is 1.81 bits per heavy atom. The highest BCUT2D eigenvalue weighted by Gasteiger charge is 2.52. The van der Waals surface area contributed by atoms with Gasteiger partial charge in [0.05, 0.1) is 19.1 Å². The summed E-state index contributed by atoms with van der Waals surface area (Å²) in [4.78, 5) is 76.5. The third-order valence-corrected chi connectivity index (χ3v) is 9.79. The lowest BCUT2D eigenvalue weighted by molar-refractivity contribution is -0.181. The number of nitrogens with one attached hydrogen (secondary N) is 1. The summed E-state index contributed by atoms with van der Waals surface area (Å²) < 4.78 is 30.7. The topological polar surface area (TPSA) is 169 Å². The third-order valence-electron chi connectivity index (χ3n) is 8.54. The molecule has 2 aromatic carbocycles. The molecule has 52 heavy (non-hydrogen) atoms. The summed E-state index contributed by atoms with van der Waals surface area (Å²) >= 11 is 0. The highest BCUT2D eigenvalue weighted by Crippen LogP contribution is 2.49. The van der Waals surface area contributed by atoms with Gasteiger partial charge in [-0.3, -0.25) is 23.7 Å². The number of carbonyl (C=O) groups is 4. The first-order chi connectivity index (χ1) is 24.6. The number of nitrogens with zero attached hydrogens (tertiary/aromatic N) is 1. The van der Waals surface area contributed by atoms with Crippen LogP contribution in [-0.4, -0.2) is 75.8 Å². The average Bonchev–Trinajstić information content (AvgIpc) is 3.09. The first-order valence-corrected chi connectivity index (χ1v) is 20.1. The molecule has 13 heteroatoms. The van der Waals surface area contributed by atoms with E-state index in [4.69, 9.17) is 14.2 Å². The minimum absolute atomic E-state index is 0.0404. The van der Waals surface area contributed by atoms with Gasteiger partial charge in [-0.15, -0.1) is 0 Å². The van der Waals surface area contributed by atoms with Gasteiger partial charge in [0, 0.05) is 25.3 Å². The lowest BCUT2D eigenvalue weighted by Gasteiger charge is -2.46. The zero-order valence-corrected chi connectivity index (χ0v) is 32.7. The Bertz CT molecular complexity index is 1440. The van der Waals surface area contributed by atoms with Crippen LogP contribution in [0.1, 0.15) is 99.0 Å². The Labute approximate surface area is 309 Å². The van der Waals surface area contributed by atoms with E-state index in [0.717, 1.165) is 11.1 Å². The zero-order chi connectivity index (χ0) is 38.8. The molecule has 0 aliphatic carbocycles. The summed E-state index contributed by atoms with van der Waals surface area (Å²) in [7, 11) is -5.28. The van der Waals surface area contributed by atoms with Crippen molar-refractivity contribution in [3.63, 3.8) is 0 Å². The fourth-order valence-electron chi connectivity index (χ4n) is 5.84. The van der Waals surface area contributed by atoms with E-state index in [1.807, 2.05) is 68.4 Å². The number of hydrogen-bond acceptors (Lipinski definition) is 9. The summed E-state index contributed by atoms with van der Waals surface area (Å²) in [6.07, 6.45) is -0.352. The number of carbonyl (C=O) groups excluding carboxylic acids is 4.